The van der Waals surface area contributed by atoms with Gasteiger partial charge >= 0.3 is 12.2 Å². The van der Waals surface area contributed by atoms with E-state index in [0.29, 0.717) is 33.2 Å². The van der Waals surface area contributed by atoms with Crippen LogP contribution in [0.4, 0.5) is 21.0 Å². The maximum Gasteiger partial charge on any atom is 0.415 e. The third-order valence-electron chi connectivity index (χ3n) is 6.79. The van der Waals surface area contributed by atoms with Gasteiger partial charge in [-0.15, -0.1) is 11.3 Å². The summed E-state index contributed by atoms with van der Waals surface area (Å²) in [4.78, 5) is 31.9. The number of aromatic nitrogens is 1. The Morgan fingerprint density at radius 3 is 2.59 bits per heavy atom. The minimum absolute atomic E-state index is 0.153. The number of anilines is 2. The molecule has 3 aromatic carbocycles. The summed E-state index contributed by atoms with van der Waals surface area (Å²) >= 11 is -0.982. The molecule has 1 saturated heterocycles. The predicted molar refractivity (Wildman–Crippen MR) is 172 cm³/mol. The fourth-order valence-corrected chi connectivity index (χ4v) is 6.61. The minimum atomic E-state index is -2.34. The number of cyclic esters (lactones) is 1. The summed E-state index contributed by atoms with van der Waals surface area (Å²) in [6.45, 7) is 7.67. The van der Waals surface area contributed by atoms with Crippen LogP contribution in [0.15, 0.2) is 77.8 Å². The van der Waals surface area contributed by atoms with Crippen LogP contribution in [0.3, 0.4) is 0 Å². The largest absolute Gasteiger partial charge is 0.447 e. The van der Waals surface area contributed by atoms with Gasteiger partial charge in [-0.1, -0.05) is 36.4 Å². The van der Waals surface area contributed by atoms with E-state index >= 15 is 0 Å². The highest BCUT2D eigenvalue weighted by Gasteiger charge is 2.34. The first kappa shape index (κ1) is 31.3. The standard InChI is InChI=1S/C32H34N4O6S2/c1-19(2)41-30(37)35-22-10-12-24(21(14-22)16-32(3,4)33)29-34-17-27(43-29)25-13-11-23(15-28(25)44(39)40)36-18-26(42-31(36)38)20-8-6-5-7-9-20/h5-15,17,19,26H,16,18,33H2,1-4H3,(H,35,37)(H,39,40). The molecule has 0 aliphatic carbocycles. The molecule has 4 N–H and O–H groups in total. The minimum Gasteiger partial charge on any atom is -0.447 e. The number of nitrogens with zero attached hydrogens (tertiary/aromatic N) is 2. The Labute approximate surface area is 262 Å². The van der Waals surface area contributed by atoms with Crippen LogP contribution in [-0.2, 0) is 27.0 Å². The van der Waals surface area contributed by atoms with E-state index in [2.05, 4.69) is 10.3 Å². The molecule has 12 heteroatoms. The summed E-state index contributed by atoms with van der Waals surface area (Å²) in [5.41, 5.74) is 9.97. The Kier molecular flexibility index (Phi) is 9.16. The Morgan fingerprint density at radius 1 is 1.18 bits per heavy atom. The van der Waals surface area contributed by atoms with Gasteiger partial charge in [-0.25, -0.2) is 18.8 Å². The maximum atomic E-state index is 12.7. The molecule has 2 amide bonds. The predicted octanol–water partition coefficient (Wildman–Crippen LogP) is 6.99. The number of carbonyl (C=O) groups is 2. The maximum absolute atomic E-state index is 12.7. The van der Waals surface area contributed by atoms with Crippen LogP contribution in [0.5, 0.6) is 0 Å². The summed E-state index contributed by atoms with van der Waals surface area (Å²) < 4.78 is 33.5. The van der Waals surface area contributed by atoms with E-state index < -0.39 is 34.9 Å². The summed E-state index contributed by atoms with van der Waals surface area (Å²) in [5, 5.41) is 3.44. The summed E-state index contributed by atoms with van der Waals surface area (Å²) in [7, 11) is 0. The van der Waals surface area contributed by atoms with Gasteiger partial charge in [0.1, 0.15) is 11.1 Å². The van der Waals surface area contributed by atoms with E-state index in [-0.39, 0.29) is 17.5 Å². The lowest BCUT2D eigenvalue weighted by Crippen LogP contribution is -2.34. The number of ether oxygens (including phenoxy) is 2. The van der Waals surface area contributed by atoms with Crippen molar-refractivity contribution in [1.29, 1.82) is 0 Å². The number of rotatable bonds is 9. The van der Waals surface area contributed by atoms with Gasteiger partial charge in [0.25, 0.3) is 0 Å². The number of hydrogen-bond donors (Lipinski definition) is 3. The van der Waals surface area contributed by atoms with Crippen molar-refractivity contribution in [1.82, 2.24) is 4.98 Å². The molecule has 0 radical (unpaired) electrons. The number of nitrogens with two attached hydrogens (primary N) is 1. The van der Waals surface area contributed by atoms with Crippen molar-refractivity contribution in [3.63, 3.8) is 0 Å². The third-order valence-corrected chi connectivity index (χ3v) is 8.57. The van der Waals surface area contributed by atoms with Crippen molar-refractivity contribution in [2.24, 2.45) is 5.73 Å². The third kappa shape index (κ3) is 7.33. The number of nitrogens with one attached hydrogen (secondary N) is 1. The van der Waals surface area contributed by atoms with Crippen LogP contribution in [0.25, 0.3) is 21.0 Å². The molecule has 1 aliphatic heterocycles. The van der Waals surface area contributed by atoms with Crippen LogP contribution in [0.2, 0.25) is 0 Å². The number of carbonyl (C=O) groups excluding carboxylic acids is 2. The highest BCUT2D eigenvalue weighted by Crippen LogP contribution is 2.39. The molecule has 230 valence electrons. The summed E-state index contributed by atoms with van der Waals surface area (Å²) in [5.74, 6) is 0. The smallest absolute Gasteiger partial charge is 0.415 e. The molecule has 2 atom stereocenters. The molecule has 2 unspecified atom stereocenters. The van der Waals surface area contributed by atoms with Gasteiger partial charge in [0.05, 0.1) is 22.4 Å². The summed E-state index contributed by atoms with van der Waals surface area (Å²) in [6.07, 6.45) is 0.395. The zero-order chi connectivity index (χ0) is 31.6. The normalized spacial score (nSPS) is 15.8. The van der Waals surface area contributed by atoms with Crippen molar-refractivity contribution >= 4 is 46.0 Å². The van der Waals surface area contributed by atoms with Gasteiger partial charge in [0.15, 0.2) is 11.1 Å². The van der Waals surface area contributed by atoms with E-state index in [1.165, 1.54) is 16.2 Å². The molecule has 1 aromatic heterocycles. The number of benzene rings is 3. The Balaban J connectivity index is 1.44. The van der Waals surface area contributed by atoms with Crippen molar-refractivity contribution in [3.8, 4) is 21.0 Å². The van der Waals surface area contributed by atoms with Gasteiger partial charge in [-0.05, 0) is 75.6 Å². The number of thiazole rings is 1. The average molecular weight is 635 g/mol. The van der Waals surface area contributed by atoms with Crippen LogP contribution >= 0.6 is 11.3 Å². The van der Waals surface area contributed by atoms with Gasteiger partial charge in [-0.2, -0.15) is 0 Å². The molecule has 5 rings (SSSR count). The molecular weight excluding hydrogens is 601 g/mol. The molecule has 0 spiro atoms. The zero-order valence-electron chi connectivity index (χ0n) is 24.8. The Hall–Kier alpha value is -4.10. The second kappa shape index (κ2) is 12.9. The molecule has 44 heavy (non-hydrogen) atoms. The Bertz CT molecular complexity index is 1700. The van der Waals surface area contributed by atoms with Crippen molar-refractivity contribution < 1.29 is 27.8 Å². The number of amides is 2. The second-order valence-corrected chi connectivity index (χ2v) is 13.4. The van der Waals surface area contributed by atoms with Crippen LogP contribution < -0.4 is 16.0 Å². The molecule has 1 fully saturated rings. The van der Waals surface area contributed by atoms with Crippen molar-refractivity contribution in [2.45, 2.75) is 56.8 Å². The van der Waals surface area contributed by atoms with E-state index in [1.807, 2.05) is 56.3 Å². The molecule has 1 aliphatic rings. The van der Waals surface area contributed by atoms with Crippen LogP contribution in [0, 0.1) is 0 Å². The summed E-state index contributed by atoms with van der Waals surface area (Å²) in [6, 6.07) is 19.9. The second-order valence-electron chi connectivity index (χ2n) is 11.5. The van der Waals surface area contributed by atoms with Crippen molar-refractivity contribution in [3.05, 3.63) is 84.1 Å². The lowest BCUT2D eigenvalue weighted by atomic mass is 9.92. The van der Waals surface area contributed by atoms with E-state index in [9.17, 15) is 18.4 Å². The van der Waals surface area contributed by atoms with Crippen LogP contribution in [-0.4, -0.2) is 44.1 Å². The average Bonchev–Trinajstić information content (AvgIpc) is 3.59. The van der Waals surface area contributed by atoms with Gasteiger partial charge in [-0.3, -0.25) is 10.2 Å². The topological polar surface area (TPSA) is 144 Å². The van der Waals surface area contributed by atoms with Crippen molar-refractivity contribution in [2.75, 3.05) is 16.8 Å². The quantitative estimate of drug-likeness (QED) is 0.167. The Morgan fingerprint density at radius 2 is 1.91 bits per heavy atom. The molecular formula is C32H34N4O6S2. The van der Waals surface area contributed by atoms with E-state index in [4.69, 9.17) is 15.2 Å². The van der Waals surface area contributed by atoms with Crippen LogP contribution in [0.1, 0.15) is 44.9 Å². The first-order valence-corrected chi connectivity index (χ1v) is 15.9. The highest BCUT2D eigenvalue weighted by molar-refractivity contribution is 7.79. The van der Waals surface area contributed by atoms with E-state index in [1.54, 1.807) is 44.3 Å². The number of hydrogen-bond acceptors (Lipinski definition) is 8. The molecule has 4 aromatic rings. The van der Waals surface area contributed by atoms with Gasteiger partial charge in [0.2, 0.25) is 0 Å². The van der Waals surface area contributed by atoms with Gasteiger partial charge in [0, 0.05) is 34.2 Å². The van der Waals surface area contributed by atoms with E-state index in [0.717, 1.165) is 16.7 Å². The molecule has 0 bridgehead atoms. The SMILES string of the molecule is CC(C)OC(=O)Nc1ccc(-c2ncc(-c3ccc(N4CC(c5ccccc5)OC4=O)cc3S(=O)O)s2)c(CC(C)(C)N)c1. The lowest BCUT2D eigenvalue weighted by Gasteiger charge is -2.21. The molecule has 10 nitrogen and oxygen atoms in total. The fourth-order valence-electron chi connectivity index (χ4n) is 4.94. The monoisotopic (exact) mass is 634 g/mol. The van der Waals surface area contributed by atoms with Gasteiger partial charge < -0.3 is 19.8 Å². The highest BCUT2D eigenvalue weighted by atomic mass is 32.2. The fraction of sp³-hybridized carbons (Fsp3) is 0.281. The zero-order valence-corrected chi connectivity index (χ0v) is 26.4. The lowest BCUT2D eigenvalue weighted by molar-refractivity contribution is 0.130. The first-order chi connectivity index (χ1) is 20.9. The first-order valence-electron chi connectivity index (χ1n) is 14.0. The molecule has 2 heterocycles. The molecule has 0 saturated carbocycles.